The molecule has 1 heterocycles. The van der Waals surface area contributed by atoms with Crippen molar-refractivity contribution in [2.24, 2.45) is 0 Å². The SMILES string of the molecule is O=C(NC[C@@H]1COC2(CCCCC2)O1)c1ccc(Cl)cc1Cl. The molecule has 3 rings (SSSR count). The van der Waals surface area contributed by atoms with E-state index in [1.807, 2.05) is 0 Å². The number of ether oxygens (including phenoxy) is 2. The third-order valence-electron chi connectivity index (χ3n) is 4.20. The minimum Gasteiger partial charge on any atom is -0.349 e. The number of amides is 1. The first-order chi connectivity index (χ1) is 10.6. The van der Waals surface area contributed by atoms with Crippen molar-refractivity contribution in [2.75, 3.05) is 13.2 Å². The molecule has 1 aliphatic heterocycles. The topological polar surface area (TPSA) is 47.6 Å². The molecule has 22 heavy (non-hydrogen) atoms. The molecule has 120 valence electrons. The Morgan fingerprint density at radius 1 is 1.27 bits per heavy atom. The lowest BCUT2D eigenvalue weighted by Gasteiger charge is -2.31. The molecule has 1 saturated heterocycles. The van der Waals surface area contributed by atoms with E-state index in [0.29, 0.717) is 28.8 Å². The number of nitrogens with one attached hydrogen (secondary N) is 1. The first-order valence-corrected chi connectivity index (χ1v) is 8.39. The number of rotatable bonds is 3. The average Bonchev–Trinajstić information content (AvgIpc) is 2.88. The number of hydrogen-bond donors (Lipinski definition) is 1. The number of halogens is 2. The highest BCUT2D eigenvalue weighted by Crippen LogP contribution is 2.37. The van der Waals surface area contributed by atoms with E-state index in [4.69, 9.17) is 32.7 Å². The molecule has 1 N–H and O–H groups in total. The van der Waals surface area contributed by atoms with E-state index in [-0.39, 0.29) is 12.0 Å². The summed E-state index contributed by atoms with van der Waals surface area (Å²) in [6.07, 6.45) is 5.30. The quantitative estimate of drug-likeness (QED) is 0.907. The van der Waals surface area contributed by atoms with E-state index < -0.39 is 5.79 Å². The van der Waals surface area contributed by atoms with Crippen molar-refractivity contribution in [1.82, 2.24) is 5.32 Å². The lowest BCUT2D eigenvalue weighted by atomic mass is 9.94. The molecule has 6 heteroatoms. The molecule has 0 bridgehead atoms. The molecule has 1 aromatic carbocycles. The normalized spacial score (nSPS) is 23.6. The zero-order chi connectivity index (χ0) is 15.6. The van der Waals surface area contributed by atoms with Crippen molar-refractivity contribution < 1.29 is 14.3 Å². The maximum Gasteiger partial charge on any atom is 0.252 e. The van der Waals surface area contributed by atoms with Crippen molar-refractivity contribution in [3.05, 3.63) is 33.8 Å². The predicted octanol–water partition coefficient (Wildman–Crippen LogP) is 3.80. The van der Waals surface area contributed by atoms with E-state index in [2.05, 4.69) is 5.32 Å². The van der Waals surface area contributed by atoms with Gasteiger partial charge in [0.05, 0.1) is 17.2 Å². The molecule has 0 aromatic heterocycles. The van der Waals surface area contributed by atoms with E-state index in [9.17, 15) is 4.79 Å². The second-order valence-electron chi connectivity index (χ2n) is 5.86. The summed E-state index contributed by atoms with van der Waals surface area (Å²) in [6, 6.07) is 4.83. The van der Waals surface area contributed by atoms with Gasteiger partial charge in [-0.3, -0.25) is 4.79 Å². The van der Waals surface area contributed by atoms with Gasteiger partial charge in [0.2, 0.25) is 0 Å². The summed E-state index contributed by atoms with van der Waals surface area (Å²) in [7, 11) is 0. The second-order valence-corrected chi connectivity index (χ2v) is 6.70. The van der Waals surface area contributed by atoms with Crippen molar-refractivity contribution in [2.45, 2.75) is 44.0 Å². The van der Waals surface area contributed by atoms with Gasteiger partial charge in [-0.25, -0.2) is 0 Å². The van der Waals surface area contributed by atoms with Crippen molar-refractivity contribution >= 4 is 29.1 Å². The van der Waals surface area contributed by atoms with E-state index in [0.717, 1.165) is 25.7 Å². The highest BCUT2D eigenvalue weighted by atomic mass is 35.5. The fraction of sp³-hybridized carbons (Fsp3) is 0.562. The minimum absolute atomic E-state index is 0.104. The minimum atomic E-state index is -0.411. The van der Waals surface area contributed by atoms with Crippen LogP contribution in [-0.4, -0.2) is 30.9 Å². The van der Waals surface area contributed by atoms with Crippen molar-refractivity contribution in [3.63, 3.8) is 0 Å². The van der Waals surface area contributed by atoms with Crippen LogP contribution in [-0.2, 0) is 9.47 Å². The number of carbonyl (C=O) groups excluding carboxylic acids is 1. The molecular weight excluding hydrogens is 325 g/mol. The summed E-state index contributed by atoms with van der Waals surface area (Å²) in [6.45, 7) is 0.939. The van der Waals surface area contributed by atoms with Crippen molar-refractivity contribution in [1.29, 1.82) is 0 Å². The summed E-state index contributed by atoms with van der Waals surface area (Å²) in [4.78, 5) is 12.2. The third-order valence-corrected chi connectivity index (χ3v) is 4.74. The molecule has 4 nitrogen and oxygen atoms in total. The monoisotopic (exact) mass is 343 g/mol. The maximum atomic E-state index is 12.2. The molecular formula is C16H19Cl2NO3. The Bertz CT molecular complexity index is 558. The summed E-state index contributed by atoms with van der Waals surface area (Å²) in [5.74, 6) is -0.638. The molecule has 1 aromatic rings. The number of hydrogen-bond acceptors (Lipinski definition) is 3. The van der Waals surface area contributed by atoms with Gasteiger partial charge in [0, 0.05) is 24.4 Å². The number of benzene rings is 1. The van der Waals surface area contributed by atoms with Crippen LogP contribution in [0.1, 0.15) is 42.5 Å². The van der Waals surface area contributed by atoms with Crippen LogP contribution in [0.4, 0.5) is 0 Å². The van der Waals surface area contributed by atoms with Gasteiger partial charge in [-0.1, -0.05) is 29.6 Å². The first kappa shape index (κ1) is 16.1. The van der Waals surface area contributed by atoms with Gasteiger partial charge >= 0.3 is 0 Å². The van der Waals surface area contributed by atoms with Crippen LogP contribution < -0.4 is 5.32 Å². The van der Waals surface area contributed by atoms with Gasteiger partial charge in [-0.2, -0.15) is 0 Å². The van der Waals surface area contributed by atoms with Crippen LogP contribution in [0.25, 0.3) is 0 Å². The van der Waals surface area contributed by atoms with E-state index in [1.54, 1.807) is 18.2 Å². The summed E-state index contributed by atoms with van der Waals surface area (Å²) >= 11 is 11.9. The molecule has 2 aliphatic rings. The fourth-order valence-corrected chi connectivity index (χ4v) is 3.54. The Labute approximate surface area is 140 Å². The number of carbonyl (C=O) groups is 1. The lowest BCUT2D eigenvalue weighted by Crippen LogP contribution is -2.37. The van der Waals surface area contributed by atoms with Gasteiger partial charge in [0.1, 0.15) is 6.10 Å². The smallest absolute Gasteiger partial charge is 0.252 e. The van der Waals surface area contributed by atoms with Gasteiger partial charge in [0.25, 0.3) is 5.91 Å². The molecule has 1 amide bonds. The second kappa shape index (κ2) is 6.75. The van der Waals surface area contributed by atoms with Crippen LogP contribution >= 0.6 is 23.2 Å². The maximum absolute atomic E-state index is 12.2. The standard InChI is InChI=1S/C16H19Cl2NO3/c17-11-4-5-13(14(18)8-11)15(20)19-9-12-10-21-16(22-12)6-2-1-3-7-16/h4-5,8,12H,1-3,6-7,9-10H2,(H,19,20)/t12-/m1/s1. The first-order valence-electron chi connectivity index (χ1n) is 7.63. The Hall–Kier alpha value is -0.810. The Morgan fingerprint density at radius 3 is 2.77 bits per heavy atom. The van der Waals surface area contributed by atoms with Gasteiger partial charge < -0.3 is 14.8 Å². The van der Waals surface area contributed by atoms with E-state index >= 15 is 0 Å². The van der Waals surface area contributed by atoms with Crippen LogP contribution in [0.3, 0.4) is 0 Å². The van der Waals surface area contributed by atoms with Crippen LogP contribution in [0.2, 0.25) is 10.0 Å². The summed E-state index contributed by atoms with van der Waals surface area (Å²) in [5, 5.41) is 3.70. The zero-order valence-corrected chi connectivity index (χ0v) is 13.8. The summed E-state index contributed by atoms with van der Waals surface area (Å²) in [5.41, 5.74) is 0.414. The van der Waals surface area contributed by atoms with Gasteiger partial charge in [-0.05, 0) is 31.0 Å². The summed E-state index contributed by atoms with van der Waals surface area (Å²) < 4.78 is 11.9. The highest BCUT2D eigenvalue weighted by molar-refractivity contribution is 6.36. The van der Waals surface area contributed by atoms with Crippen LogP contribution in [0.15, 0.2) is 18.2 Å². The Morgan fingerprint density at radius 2 is 2.05 bits per heavy atom. The van der Waals surface area contributed by atoms with E-state index in [1.165, 1.54) is 6.42 Å². The predicted molar refractivity (Wildman–Crippen MR) is 85.4 cm³/mol. The molecule has 0 radical (unpaired) electrons. The van der Waals surface area contributed by atoms with Crippen molar-refractivity contribution in [3.8, 4) is 0 Å². The highest BCUT2D eigenvalue weighted by Gasteiger charge is 2.42. The molecule has 0 unspecified atom stereocenters. The average molecular weight is 344 g/mol. The lowest BCUT2D eigenvalue weighted by molar-refractivity contribution is -0.186. The Balaban J connectivity index is 1.53. The van der Waals surface area contributed by atoms with Gasteiger partial charge in [0.15, 0.2) is 5.79 Å². The molecule has 1 saturated carbocycles. The third kappa shape index (κ3) is 3.57. The fourth-order valence-electron chi connectivity index (χ4n) is 3.05. The largest absolute Gasteiger partial charge is 0.349 e. The zero-order valence-electron chi connectivity index (χ0n) is 12.2. The molecule has 1 aliphatic carbocycles. The molecule has 1 atom stereocenters. The van der Waals surface area contributed by atoms with Crippen LogP contribution in [0.5, 0.6) is 0 Å². The van der Waals surface area contributed by atoms with Gasteiger partial charge in [-0.15, -0.1) is 0 Å². The molecule has 2 fully saturated rings. The molecule has 1 spiro atoms. The Kier molecular flexibility index (Phi) is 4.93. The van der Waals surface area contributed by atoms with Crippen LogP contribution in [0, 0.1) is 0 Å².